The van der Waals surface area contributed by atoms with Crippen molar-refractivity contribution in [2.45, 2.75) is 45.1 Å². The number of carbonyl (C=O) groups excluding carboxylic acids is 3. The van der Waals surface area contributed by atoms with E-state index in [1.54, 1.807) is 12.1 Å². The summed E-state index contributed by atoms with van der Waals surface area (Å²) in [4.78, 5) is 37.1. The van der Waals surface area contributed by atoms with Gasteiger partial charge in [0.15, 0.2) is 0 Å². The number of hydrogen-bond donors (Lipinski definition) is 3. The van der Waals surface area contributed by atoms with Crippen molar-refractivity contribution < 1.29 is 29.0 Å². The number of nitrogens with one attached hydrogen (secondary N) is 2. The highest BCUT2D eigenvalue weighted by Gasteiger charge is 2.31. The SMILES string of the molecule is COC(=O)[C@H](Cc1ccccc1C)NC(=O)[C@@H](NC(=O)OCc1ccccc1)[C@@H](C)O. The van der Waals surface area contributed by atoms with E-state index < -0.39 is 36.2 Å². The number of aliphatic hydroxyl groups is 1. The molecule has 0 heterocycles. The third kappa shape index (κ3) is 7.42. The van der Waals surface area contributed by atoms with Crippen LogP contribution in [0.15, 0.2) is 54.6 Å². The largest absolute Gasteiger partial charge is 0.467 e. The molecule has 2 aromatic rings. The van der Waals surface area contributed by atoms with Crippen molar-refractivity contribution in [3.63, 3.8) is 0 Å². The first-order chi connectivity index (χ1) is 14.8. The molecule has 31 heavy (non-hydrogen) atoms. The Hall–Kier alpha value is -3.39. The molecule has 0 aromatic heterocycles. The highest BCUT2D eigenvalue weighted by Crippen LogP contribution is 2.11. The molecule has 0 radical (unpaired) electrons. The van der Waals surface area contributed by atoms with E-state index in [0.717, 1.165) is 16.7 Å². The lowest BCUT2D eigenvalue weighted by atomic mass is 10.0. The summed E-state index contributed by atoms with van der Waals surface area (Å²) in [5.74, 6) is -1.36. The third-order valence-electron chi connectivity index (χ3n) is 4.74. The van der Waals surface area contributed by atoms with Crippen molar-refractivity contribution in [2.75, 3.05) is 7.11 Å². The average molecular weight is 428 g/mol. The van der Waals surface area contributed by atoms with Crippen LogP contribution in [0.5, 0.6) is 0 Å². The van der Waals surface area contributed by atoms with Crippen LogP contribution in [-0.4, -0.2) is 48.4 Å². The molecule has 0 bridgehead atoms. The number of rotatable bonds is 9. The number of amides is 2. The van der Waals surface area contributed by atoms with Gasteiger partial charge in [-0.25, -0.2) is 9.59 Å². The van der Waals surface area contributed by atoms with E-state index in [1.165, 1.54) is 14.0 Å². The Morgan fingerprint density at radius 1 is 1.00 bits per heavy atom. The summed E-state index contributed by atoms with van der Waals surface area (Å²) in [6, 6.07) is 14.2. The molecule has 0 saturated carbocycles. The van der Waals surface area contributed by atoms with Gasteiger partial charge < -0.3 is 25.2 Å². The molecule has 0 unspecified atom stereocenters. The van der Waals surface area contributed by atoms with Crippen LogP contribution in [0.4, 0.5) is 4.79 Å². The molecule has 166 valence electrons. The van der Waals surface area contributed by atoms with Crippen molar-refractivity contribution in [1.29, 1.82) is 0 Å². The lowest BCUT2D eigenvalue weighted by Crippen LogP contribution is -2.56. The van der Waals surface area contributed by atoms with Gasteiger partial charge in [-0.05, 0) is 30.5 Å². The highest BCUT2D eigenvalue weighted by molar-refractivity contribution is 5.90. The second kappa shape index (κ2) is 11.7. The van der Waals surface area contributed by atoms with Gasteiger partial charge in [-0.3, -0.25) is 4.79 Å². The molecule has 0 aliphatic rings. The van der Waals surface area contributed by atoms with Gasteiger partial charge in [0.2, 0.25) is 5.91 Å². The van der Waals surface area contributed by atoms with Crippen LogP contribution in [0, 0.1) is 6.92 Å². The summed E-state index contributed by atoms with van der Waals surface area (Å²) in [5.41, 5.74) is 2.60. The minimum atomic E-state index is -1.31. The Kier molecular flexibility index (Phi) is 9.02. The Balaban J connectivity index is 2.03. The van der Waals surface area contributed by atoms with Gasteiger partial charge in [0.25, 0.3) is 0 Å². The second-order valence-electron chi connectivity index (χ2n) is 7.14. The van der Waals surface area contributed by atoms with Crippen LogP contribution >= 0.6 is 0 Å². The summed E-state index contributed by atoms with van der Waals surface area (Å²) < 4.78 is 9.92. The number of carbonyl (C=O) groups is 3. The number of methoxy groups -OCH3 is 1. The fourth-order valence-electron chi connectivity index (χ4n) is 2.95. The topological polar surface area (TPSA) is 114 Å². The molecule has 8 heteroatoms. The molecule has 3 N–H and O–H groups in total. The van der Waals surface area contributed by atoms with Crippen LogP contribution in [0.1, 0.15) is 23.6 Å². The Morgan fingerprint density at radius 2 is 1.65 bits per heavy atom. The number of aryl methyl sites for hydroxylation is 1. The van der Waals surface area contributed by atoms with Crippen LogP contribution < -0.4 is 10.6 Å². The van der Waals surface area contributed by atoms with Gasteiger partial charge in [-0.15, -0.1) is 0 Å². The van der Waals surface area contributed by atoms with Crippen molar-refractivity contribution >= 4 is 18.0 Å². The molecule has 2 rings (SSSR count). The predicted molar refractivity (Wildman–Crippen MR) is 114 cm³/mol. The molecule has 0 spiro atoms. The van der Waals surface area contributed by atoms with Crippen LogP contribution in [0.3, 0.4) is 0 Å². The first-order valence-electron chi connectivity index (χ1n) is 9.89. The molecule has 2 aromatic carbocycles. The summed E-state index contributed by atoms with van der Waals surface area (Å²) in [6.45, 7) is 3.27. The summed E-state index contributed by atoms with van der Waals surface area (Å²) >= 11 is 0. The molecular weight excluding hydrogens is 400 g/mol. The predicted octanol–water partition coefficient (Wildman–Crippen LogP) is 1.87. The van der Waals surface area contributed by atoms with Gasteiger partial charge in [-0.2, -0.15) is 0 Å². The highest BCUT2D eigenvalue weighted by atomic mass is 16.5. The van der Waals surface area contributed by atoms with Gasteiger partial charge in [0.05, 0.1) is 13.2 Å². The maximum absolute atomic E-state index is 12.8. The number of ether oxygens (including phenoxy) is 2. The van der Waals surface area contributed by atoms with Crippen molar-refractivity contribution in [2.24, 2.45) is 0 Å². The number of alkyl carbamates (subject to hydrolysis) is 1. The van der Waals surface area contributed by atoms with E-state index in [4.69, 9.17) is 9.47 Å². The zero-order valence-electron chi connectivity index (χ0n) is 17.8. The zero-order chi connectivity index (χ0) is 22.8. The molecular formula is C23H28N2O6. The Bertz CT molecular complexity index is 885. The van der Waals surface area contributed by atoms with Crippen LogP contribution in [0.2, 0.25) is 0 Å². The van der Waals surface area contributed by atoms with E-state index in [-0.39, 0.29) is 13.0 Å². The average Bonchev–Trinajstić information content (AvgIpc) is 2.76. The first kappa shape index (κ1) is 23.9. The van der Waals surface area contributed by atoms with Crippen LogP contribution in [-0.2, 0) is 32.1 Å². The second-order valence-corrected chi connectivity index (χ2v) is 7.14. The molecule has 3 atom stereocenters. The fraction of sp³-hybridized carbons (Fsp3) is 0.348. The lowest BCUT2D eigenvalue weighted by molar-refractivity contribution is -0.145. The van der Waals surface area contributed by atoms with Crippen LogP contribution in [0.25, 0.3) is 0 Å². The van der Waals surface area contributed by atoms with Crippen molar-refractivity contribution in [3.8, 4) is 0 Å². The third-order valence-corrected chi connectivity index (χ3v) is 4.74. The van der Waals surface area contributed by atoms with Gasteiger partial charge >= 0.3 is 12.1 Å². The Labute approximate surface area is 181 Å². The molecule has 0 fully saturated rings. The van der Waals surface area contributed by atoms with Gasteiger partial charge in [0.1, 0.15) is 18.7 Å². The monoisotopic (exact) mass is 428 g/mol. The molecule has 0 aliphatic heterocycles. The maximum atomic E-state index is 12.8. The number of hydrogen-bond acceptors (Lipinski definition) is 6. The molecule has 8 nitrogen and oxygen atoms in total. The van der Waals surface area contributed by atoms with Gasteiger partial charge in [0, 0.05) is 6.42 Å². The molecule has 0 aliphatic carbocycles. The normalized spacial score (nSPS) is 13.4. The quantitative estimate of drug-likeness (QED) is 0.526. The van der Waals surface area contributed by atoms with E-state index in [0.29, 0.717) is 0 Å². The first-order valence-corrected chi connectivity index (χ1v) is 9.89. The fourth-order valence-corrected chi connectivity index (χ4v) is 2.95. The van der Waals surface area contributed by atoms with E-state index in [9.17, 15) is 19.5 Å². The van der Waals surface area contributed by atoms with E-state index in [1.807, 2.05) is 49.4 Å². The van der Waals surface area contributed by atoms with Crippen molar-refractivity contribution in [1.82, 2.24) is 10.6 Å². The smallest absolute Gasteiger partial charge is 0.408 e. The number of aliphatic hydroxyl groups excluding tert-OH is 1. The van der Waals surface area contributed by atoms with E-state index in [2.05, 4.69) is 10.6 Å². The molecule has 0 saturated heterocycles. The summed E-state index contributed by atoms with van der Waals surface area (Å²) in [5, 5.41) is 14.9. The minimum absolute atomic E-state index is 0.0128. The molecule has 2 amide bonds. The number of esters is 1. The Morgan fingerprint density at radius 3 is 2.26 bits per heavy atom. The summed E-state index contributed by atoms with van der Waals surface area (Å²) in [7, 11) is 1.23. The maximum Gasteiger partial charge on any atom is 0.408 e. The van der Waals surface area contributed by atoms with E-state index >= 15 is 0 Å². The zero-order valence-corrected chi connectivity index (χ0v) is 17.8. The number of benzene rings is 2. The standard InChI is InChI=1S/C23H28N2O6/c1-15-9-7-8-12-18(15)13-19(22(28)30-3)24-21(27)20(16(2)26)25-23(29)31-14-17-10-5-4-6-11-17/h4-12,16,19-20,26H,13-14H2,1-3H3,(H,24,27)(H,25,29)/t16-,19+,20+/m1/s1. The van der Waals surface area contributed by atoms with Crippen molar-refractivity contribution in [3.05, 3.63) is 71.3 Å². The summed E-state index contributed by atoms with van der Waals surface area (Å²) in [6.07, 6.45) is -1.88. The minimum Gasteiger partial charge on any atom is -0.467 e. The lowest BCUT2D eigenvalue weighted by Gasteiger charge is -2.24. The van der Waals surface area contributed by atoms with Gasteiger partial charge in [-0.1, -0.05) is 54.6 Å².